The first-order chi connectivity index (χ1) is 7.15. The standard InChI is InChI=1S/C12H14N2O/c1-10-4-6-12(7-5-10)14(11(2)15)9-3-8-13/h4-7H,3,9H2,1-2H3. The molecule has 3 nitrogen and oxygen atoms in total. The molecule has 0 fully saturated rings. The number of amides is 1. The minimum Gasteiger partial charge on any atom is -0.312 e. The van der Waals surface area contributed by atoms with Crippen LogP contribution in [0.3, 0.4) is 0 Å². The van der Waals surface area contributed by atoms with Crippen molar-refractivity contribution in [1.82, 2.24) is 0 Å². The molecule has 1 rings (SSSR count). The monoisotopic (exact) mass is 202 g/mol. The van der Waals surface area contributed by atoms with Gasteiger partial charge in [-0.1, -0.05) is 17.7 Å². The highest BCUT2D eigenvalue weighted by Crippen LogP contribution is 2.15. The van der Waals surface area contributed by atoms with E-state index in [0.717, 1.165) is 11.3 Å². The summed E-state index contributed by atoms with van der Waals surface area (Å²) in [5.41, 5.74) is 2.01. The van der Waals surface area contributed by atoms with Gasteiger partial charge >= 0.3 is 0 Å². The highest BCUT2D eigenvalue weighted by Gasteiger charge is 2.09. The zero-order valence-corrected chi connectivity index (χ0v) is 9.03. The Morgan fingerprint density at radius 3 is 2.47 bits per heavy atom. The number of nitrogens with zero attached hydrogens (tertiary/aromatic N) is 2. The fourth-order valence-corrected chi connectivity index (χ4v) is 1.35. The van der Waals surface area contributed by atoms with E-state index in [1.165, 1.54) is 6.92 Å². The Balaban J connectivity index is 2.85. The molecule has 3 heteroatoms. The highest BCUT2D eigenvalue weighted by molar-refractivity contribution is 5.91. The van der Waals surface area contributed by atoms with Gasteiger partial charge in [-0.15, -0.1) is 0 Å². The molecule has 0 saturated carbocycles. The maximum atomic E-state index is 11.4. The van der Waals surface area contributed by atoms with Gasteiger partial charge in [-0.05, 0) is 19.1 Å². The van der Waals surface area contributed by atoms with Gasteiger partial charge in [0.2, 0.25) is 5.91 Å². The van der Waals surface area contributed by atoms with E-state index in [0.29, 0.717) is 13.0 Å². The maximum absolute atomic E-state index is 11.4. The molecule has 0 bridgehead atoms. The van der Waals surface area contributed by atoms with Crippen molar-refractivity contribution in [3.8, 4) is 6.07 Å². The van der Waals surface area contributed by atoms with Crippen molar-refractivity contribution in [3.63, 3.8) is 0 Å². The largest absolute Gasteiger partial charge is 0.312 e. The number of anilines is 1. The van der Waals surface area contributed by atoms with Gasteiger partial charge in [0.05, 0.1) is 12.5 Å². The molecule has 0 spiro atoms. The number of carbonyl (C=O) groups is 1. The van der Waals surface area contributed by atoms with E-state index >= 15 is 0 Å². The van der Waals surface area contributed by atoms with Crippen molar-refractivity contribution in [2.75, 3.05) is 11.4 Å². The molecule has 0 saturated heterocycles. The summed E-state index contributed by atoms with van der Waals surface area (Å²) in [4.78, 5) is 13.0. The fourth-order valence-electron chi connectivity index (χ4n) is 1.35. The second-order valence-electron chi connectivity index (χ2n) is 3.41. The van der Waals surface area contributed by atoms with E-state index in [9.17, 15) is 4.79 Å². The average molecular weight is 202 g/mol. The lowest BCUT2D eigenvalue weighted by molar-refractivity contribution is -0.116. The van der Waals surface area contributed by atoms with Crippen LogP contribution < -0.4 is 4.90 Å². The third-order valence-corrected chi connectivity index (χ3v) is 2.17. The van der Waals surface area contributed by atoms with Crippen LogP contribution in [0.1, 0.15) is 18.9 Å². The third kappa shape index (κ3) is 3.10. The quantitative estimate of drug-likeness (QED) is 0.754. The van der Waals surface area contributed by atoms with Crippen LogP contribution >= 0.6 is 0 Å². The highest BCUT2D eigenvalue weighted by atomic mass is 16.2. The molecule has 0 heterocycles. The van der Waals surface area contributed by atoms with E-state index < -0.39 is 0 Å². The zero-order chi connectivity index (χ0) is 11.3. The number of hydrogen-bond acceptors (Lipinski definition) is 2. The van der Waals surface area contributed by atoms with Crippen molar-refractivity contribution >= 4 is 11.6 Å². The summed E-state index contributed by atoms with van der Waals surface area (Å²) in [6.45, 7) is 3.96. The van der Waals surface area contributed by atoms with Crippen LogP contribution in [0.2, 0.25) is 0 Å². The van der Waals surface area contributed by atoms with Crippen molar-refractivity contribution in [2.45, 2.75) is 20.3 Å². The molecule has 0 atom stereocenters. The molecule has 1 amide bonds. The lowest BCUT2D eigenvalue weighted by Gasteiger charge is -2.19. The van der Waals surface area contributed by atoms with Gasteiger partial charge in [-0.25, -0.2) is 0 Å². The van der Waals surface area contributed by atoms with E-state index in [1.807, 2.05) is 37.3 Å². The van der Waals surface area contributed by atoms with Gasteiger partial charge in [0, 0.05) is 19.2 Å². The van der Waals surface area contributed by atoms with Crippen LogP contribution in [-0.4, -0.2) is 12.5 Å². The van der Waals surface area contributed by atoms with E-state index in [2.05, 4.69) is 0 Å². The molecule has 0 aromatic heterocycles. The molecule has 78 valence electrons. The summed E-state index contributed by atoms with van der Waals surface area (Å²) >= 11 is 0. The Morgan fingerprint density at radius 2 is 2.00 bits per heavy atom. The summed E-state index contributed by atoms with van der Waals surface area (Å²) in [5, 5.41) is 8.50. The normalized spacial score (nSPS) is 9.40. The summed E-state index contributed by atoms with van der Waals surface area (Å²) in [7, 11) is 0. The van der Waals surface area contributed by atoms with Gasteiger partial charge in [-0.3, -0.25) is 4.79 Å². The van der Waals surface area contributed by atoms with Crippen molar-refractivity contribution in [2.24, 2.45) is 0 Å². The molecule has 0 radical (unpaired) electrons. The first-order valence-electron chi connectivity index (χ1n) is 4.87. The molecule has 1 aromatic carbocycles. The van der Waals surface area contributed by atoms with Gasteiger partial charge in [0.1, 0.15) is 0 Å². The van der Waals surface area contributed by atoms with Crippen LogP contribution in [0.15, 0.2) is 24.3 Å². The lowest BCUT2D eigenvalue weighted by atomic mass is 10.2. The topological polar surface area (TPSA) is 44.1 Å². The summed E-state index contributed by atoms with van der Waals surface area (Å²) in [6.07, 6.45) is 0.355. The van der Waals surface area contributed by atoms with E-state index in [4.69, 9.17) is 5.26 Å². The van der Waals surface area contributed by atoms with Crippen LogP contribution in [0.4, 0.5) is 5.69 Å². The van der Waals surface area contributed by atoms with Gasteiger partial charge in [0.15, 0.2) is 0 Å². The van der Waals surface area contributed by atoms with Crippen molar-refractivity contribution in [1.29, 1.82) is 5.26 Å². The van der Waals surface area contributed by atoms with E-state index in [-0.39, 0.29) is 5.91 Å². The van der Waals surface area contributed by atoms with Gasteiger partial charge < -0.3 is 4.90 Å². The van der Waals surface area contributed by atoms with Crippen LogP contribution in [0.25, 0.3) is 0 Å². The molecule has 1 aromatic rings. The number of nitriles is 1. The Kier molecular flexibility index (Phi) is 3.87. The second kappa shape index (κ2) is 5.16. The number of rotatable bonds is 3. The molecule has 0 aliphatic heterocycles. The fraction of sp³-hybridized carbons (Fsp3) is 0.333. The predicted molar refractivity (Wildman–Crippen MR) is 59.4 cm³/mol. The van der Waals surface area contributed by atoms with Crippen LogP contribution in [-0.2, 0) is 4.79 Å². The van der Waals surface area contributed by atoms with Gasteiger partial charge in [0.25, 0.3) is 0 Å². The molecular weight excluding hydrogens is 188 g/mol. The minimum atomic E-state index is -0.0332. The summed E-state index contributed by atoms with van der Waals surface area (Å²) in [5.74, 6) is -0.0332. The number of benzene rings is 1. The van der Waals surface area contributed by atoms with Crippen molar-refractivity contribution < 1.29 is 4.79 Å². The molecule has 0 N–H and O–H groups in total. The number of carbonyl (C=O) groups excluding carboxylic acids is 1. The Labute approximate surface area is 89.9 Å². The molecule has 0 unspecified atom stereocenters. The summed E-state index contributed by atoms with van der Waals surface area (Å²) < 4.78 is 0. The maximum Gasteiger partial charge on any atom is 0.223 e. The predicted octanol–water partition coefficient (Wildman–Crippen LogP) is 2.26. The smallest absolute Gasteiger partial charge is 0.223 e. The molecule has 15 heavy (non-hydrogen) atoms. The van der Waals surface area contributed by atoms with Gasteiger partial charge in [-0.2, -0.15) is 5.26 Å². The third-order valence-electron chi connectivity index (χ3n) is 2.17. The minimum absolute atomic E-state index is 0.0332. The number of aryl methyl sites for hydroxylation is 1. The van der Waals surface area contributed by atoms with Crippen molar-refractivity contribution in [3.05, 3.63) is 29.8 Å². The second-order valence-corrected chi connectivity index (χ2v) is 3.41. The first kappa shape index (κ1) is 11.3. The Hall–Kier alpha value is -1.82. The van der Waals surface area contributed by atoms with E-state index in [1.54, 1.807) is 4.90 Å². The zero-order valence-electron chi connectivity index (χ0n) is 9.03. The lowest BCUT2D eigenvalue weighted by Crippen LogP contribution is -2.29. The molecular formula is C12H14N2O. The Morgan fingerprint density at radius 1 is 1.40 bits per heavy atom. The average Bonchev–Trinajstić information content (AvgIpc) is 2.21. The van der Waals surface area contributed by atoms with Crippen LogP contribution in [0, 0.1) is 18.3 Å². The number of hydrogen-bond donors (Lipinski definition) is 0. The SMILES string of the molecule is CC(=O)N(CCC#N)c1ccc(C)cc1. The van der Waals surface area contributed by atoms with Crippen LogP contribution in [0.5, 0.6) is 0 Å². The first-order valence-corrected chi connectivity index (χ1v) is 4.87. The Bertz CT molecular complexity index is 376. The molecule has 0 aliphatic carbocycles. The summed E-state index contributed by atoms with van der Waals surface area (Å²) in [6, 6.07) is 9.75. The molecule has 0 aliphatic rings.